The van der Waals surface area contributed by atoms with E-state index in [0.717, 1.165) is 23.6 Å². The van der Waals surface area contributed by atoms with Crippen LogP contribution in [0.5, 0.6) is 0 Å². The molecule has 0 spiro atoms. The molecule has 2 aromatic heterocycles. The van der Waals surface area contributed by atoms with Gasteiger partial charge in [0.15, 0.2) is 0 Å². The second-order valence-corrected chi connectivity index (χ2v) is 4.65. The molecule has 0 radical (unpaired) electrons. The van der Waals surface area contributed by atoms with E-state index in [0.29, 0.717) is 12.6 Å². The molecular formula is C13H20N6. The largest absolute Gasteiger partial charge is 0.368 e. The summed E-state index contributed by atoms with van der Waals surface area (Å²) in [5.74, 6) is 2.05. The van der Waals surface area contributed by atoms with Crippen LogP contribution < -0.4 is 11.1 Å². The van der Waals surface area contributed by atoms with Crippen LogP contribution in [0.15, 0.2) is 18.6 Å². The number of rotatable bonds is 5. The average Bonchev–Trinajstić information content (AvgIpc) is 2.85. The summed E-state index contributed by atoms with van der Waals surface area (Å²) in [5.41, 5.74) is 6.68. The fraction of sp³-hybridized carbons (Fsp3) is 0.462. The Morgan fingerprint density at radius 3 is 2.84 bits per heavy atom. The van der Waals surface area contributed by atoms with E-state index in [9.17, 15) is 0 Å². The normalized spacial score (nSPS) is 10.9. The molecule has 0 aliphatic carbocycles. The number of nitrogens with one attached hydrogen (secondary N) is 1. The Balaban J connectivity index is 2.14. The molecule has 0 amide bonds. The predicted molar refractivity (Wildman–Crippen MR) is 75.8 cm³/mol. The minimum absolute atomic E-state index is 0.284. The van der Waals surface area contributed by atoms with E-state index in [1.165, 1.54) is 0 Å². The van der Waals surface area contributed by atoms with Crippen LogP contribution in [-0.4, -0.2) is 19.5 Å². The van der Waals surface area contributed by atoms with Gasteiger partial charge in [0, 0.05) is 30.2 Å². The van der Waals surface area contributed by atoms with Gasteiger partial charge in [0.2, 0.25) is 5.95 Å². The van der Waals surface area contributed by atoms with E-state index >= 15 is 0 Å². The molecule has 0 aliphatic rings. The first-order valence-electron chi connectivity index (χ1n) is 6.48. The summed E-state index contributed by atoms with van der Waals surface area (Å²) in [7, 11) is 0. The second-order valence-electron chi connectivity index (χ2n) is 4.65. The van der Waals surface area contributed by atoms with E-state index in [2.05, 4.69) is 45.6 Å². The molecule has 3 N–H and O–H groups in total. The van der Waals surface area contributed by atoms with Gasteiger partial charge in [-0.3, -0.25) is 0 Å². The van der Waals surface area contributed by atoms with E-state index in [1.54, 1.807) is 6.20 Å². The lowest BCUT2D eigenvalue weighted by Gasteiger charge is -2.13. The summed E-state index contributed by atoms with van der Waals surface area (Å²) in [4.78, 5) is 12.6. The molecule has 0 fully saturated rings. The number of anilines is 2. The van der Waals surface area contributed by atoms with Crippen LogP contribution in [0.1, 0.15) is 38.2 Å². The van der Waals surface area contributed by atoms with Gasteiger partial charge in [-0.1, -0.05) is 6.92 Å². The molecule has 2 rings (SSSR count). The predicted octanol–water partition coefficient (Wildman–Crippen LogP) is 2.01. The standard InChI is InChI=1S/C13H20N6/c1-4-10-7-17-13(14)18-12(10)16-8-11-15-5-6-19(11)9(2)3/h5-7,9H,4,8H2,1-3H3,(H3,14,16,17,18). The van der Waals surface area contributed by atoms with E-state index in [-0.39, 0.29) is 5.95 Å². The lowest BCUT2D eigenvalue weighted by molar-refractivity contribution is 0.572. The van der Waals surface area contributed by atoms with Crippen molar-refractivity contribution in [3.63, 3.8) is 0 Å². The highest BCUT2D eigenvalue weighted by molar-refractivity contribution is 5.46. The van der Waals surface area contributed by atoms with Gasteiger partial charge in [0.25, 0.3) is 0 Å². The number of nitrogens with zero attached hydrogens (tertiary/aromatic N) is 4. The molecular weight excluding hydrogens is 240 g/mol. The summed E-state index contributed by atoms with van der Waals surface area (Å²) >= 11 is 0. The number of aromatic nitrogens is 4. The monoisotopic (exact) mass is 260 g/mol. The van der Waals surface area contributed by atoms with E-state index in [1.807, 2.05) is 12.4 Å². The minimum Gasteiger partial charge on any atom is -0.368 e. The van der Waals surface area contributed by atoms with Crippen LogP contribution in [0.25, 0.3) is 0 Å². The Kier molecular flexibility index (Phi) is 3.99. The van der Waals surface area contributed by atoms with Crippen LogP contribution in [0.2, 0.25) is 0 Å². The molecule has 19 heavy (non-hydrogen) atoms. The molecule has 2 aromatic rings. The molecule has 6 nitrogen and oxygen atoms in total. The molecule has 0 saturated carbocycles. The molecule has 0 saturated heterocycles. The van der Waals surface area contributed by atoms with Crippen molar-refractivity contribution in [2.24, 2.45) is 0 Å². The third kappa shape index (κ3) is 3.01. The lowest BCUT2D eigenvalue weighted by Crippen LogP contribution is -2.12. The van der Waals surface area contributed by atoms with E-state index in [4.69, 9.17) is 5.73 Å². The van der Waals surface area contributed by atoms with Crippen LogP contribution in [-0.2, 0) is 13.0 Å². The molecule has 2 heterocycles. The van der Waals surface area contributed by atoms with Gasteiger partial charge in [0.05, 0.1) is 6.54 Å². The molecule has 0 aliphatic heterocycles. The second kappa shape index (κ2) is 5.69. The molecule has 0 atom stereocenters. The maximum Gasteiger partial charge on any atom is 0.221 e. The fourth-order valence-electron chi connectivity index (χ4n) is 1.95. The first-order chi connectivity index (χ1) is 9.11. The zero-order valence-corrected chi connectivity index (χ0v) is 11.6. The van der Waals surface area contributed by atoms with Crippen molar-refractivity contribution in [3.8, 4) is 0 Å². The third-order valence-corrected chi connectivity index (χ3v) is 2.98. The van der Waals surface area contributed by atoms with Gasteiger partial charge < -0.3 is 15.6 Å². The summed E-state index contributed by atoms with van der Waals surface area (Å²) in [6.45, 7) is 6.94. The first-order valence-corrected chi connectivity index (χ1v) is 6.48. The Morgan fingerprint density at radius 1 is 1.37 bits per heavy atom. The van der Waals surface area contributed by atoms with Gasteiger partial charge in [0.1, 0.15) is 11.6 Å². The maximum atomic E-state index is 5.63. The Morgan fingerprint density at radius 2 is 2.16 bits per heavy atom. The van der Waals surface area contributed by atoms with Gasteiger partial charge in [-0.15, -0.1) is 0 Å². The number of nitrogen functional groups attached to an aromatic ring is 1. The van der Waals surface area contributed by atoms with Crippen molar-refractivity contribution >= 4 is 11.8 Å². The molecule has 102 valence electrons. The highest BCUT2D eigenvalue weighted by atomic mass is 15.1. The molecule has 0 unspecified atom stereocenters. The summed E-state index contributed by atoms with van der Waals surface area (Å²) < 4.78 is 2.13. The SMILES string of the molecule is CCc1cnc(N)nc1NCc1nccn1C(C)C. The molecule has 0 bridgehead atoms. The van der Waals surface area contributed by atoms with E-state index < -0.39 is 0 Å². The van der Waals surface area contributed by atoms with Crippen LogP contribution in [0.4, 0.5) is 11.8 Å². The van der Waals surface area contributed by atoms with Gasteiger partial charge in [-0.05, 0) is 20.3 Å². The number of hydrogen-bond acceptors (Lipinski definition) is 5. The quantitative estimate of drug-likeness (QED) is 0.859. The Bertz CT molecular complexity index is 546. The van der Waals surface area contributed by atoms with Crippen molar-refractivity contribution in [3.05, 3.63) is 30.0 Å². The topological polar surface area (TPSA) is 81.7 Å². The van der Waals surface area contributed by atoms with Gasteiger partial charge in [-0.2, -0.15) is 4.98 Å². The first kappa shape index (κ1) is 13.3. The smallest absolute Gasteiger partial charge is 0.221 e. The molecule has 0 aromatic carbocycles. The highest BCUT2D eigenvalue weighted by Crippen LogP contribution is 2.15. The summed E-state index contributed by atoms with van der Waals surface area (Å²) in [6.07, 6.45) is 6.42. The average molecular weight is 260 g/mol. The highest BCUT2D eigenvalue weighted by Gasteiger charge is 2.08. The number of hydrogen-bond donors (Lipinski definition) is 2. The van der Waals surface area contributed by atoms with Crippen LogP contribution in [0.3, 0.4) is 0 Å². The van der Waals surface area contributed by atoms with Gasteiger partial charge >= 0.3 is 0 Å². The molecule has 6 heteroatoms. The van der Waals surface area contributed by atoms with Crippen molar-refractivity contribution in [2.45, 2.75) is 39.8 Å². The van der Waals surface area contributed by atoms with Crippen molar-refractivity contribution in [2.75, 3.05) is 11.1 Å². The van der Waals surface area contributed by atoms with Gasteiger partial charge in [-0.25, -0.2) is 9.97 Å². The summed E-state index contributed by atoms with van der Waals surface area (Å²) in [5, 5.41) is 3.29. The number of nitrogens with two attached hydrogens (primary N) is 1. The Hall–Kier alpha value is -2.11. The van der Waals surface area contributed by atoms with Crippen LogP contribution in [0, 0.1) is 0 Å². The lowest BCUT2D eigenvalue weighted by atomic mass is 10.2. The zero-order chi connectivity index (χ0) is 13.8. The van der Waals surface area contributed by atoms with Crippen LogP contribution >= 0.6 is 0 Å². The minimum atomic E-state index is 0.284. The Labute approximate surface area is 113 Å². The van der Waals surface area contributed by atoms with Crippen molar-refractivity contribution in [1.82, 2.24) is 19.5 Å². The zero-order valence-electron chi connectivity index (χ0n) is 11.6. The number of aryl methyl sites for hydroxylation is 1. The number of imidazole rings is 1. The fourth-order valence-corrected chi connectivity index (χ4v) is 1.95. The third-order valence-electron chi connectivity index (χ3n) is 2.98. The summed E-state index contributed by atoms with van der Waals surface area (Å²) in [6, 6.07) is 0.389. The maximum absolute atomic E-state index is 5.63. The van der Waals surface area contributed by atoms with Crippen molar-refractivity contribution in [1.29, 1.82) is 0 Å². The van der Waals surface area contributed by atoms with Crippen molar-refractivity contribution < 1.29 is 0 Å².